The van der Waals surface area contributed by atoms with Crippen molar-refractivity contribution in [2.75, 3.05) is 0 Å². The van der Waals surface area contributed by atoms with E-state index >= 15 is 0 Å². The van der Waals surface area contributed by atoms with Crippen molar-refractivity contribution in [1.82, 2.24) is 5.32 Å². The van der Waals surface area contributed by atoms with Crippen LogP contribution in [0.4, 0.5) is 0 Å². The zero-order valence-electron chi connectivity index (χ0n) is 6.89. The van der Waals surface area contributed by atoms with E-state index < -0.39 is 0 Å². The molecule has 1 atom stereocenters. The average molecular weight is 239 g/mol. The van der Waals surface area contributed by atoms with Crippen molar-refractivity contribution in [2.45, 2.75) is 18.5 Å². The first kappa shape index (κ1) is 11.1. The fourth-order valence-corrected chi connectivity index (χ4v) is 1.97. The van der Waals surface area contributed by atoms with E-state index in [0.29, 0.717) is 0 Å². The minimum absolute atomic E-state index is 0. The van der Waals surface area contributed by atoms with E-state index in [-0.39, 0.29) is 17.9 Å². The Morgan fingerprint density at radius 1 is 1.38 bits per heavy atom. The zero-order chi connectivity index (χ0) is 8.55. The number of fused-ring (bicyclic) bond motifs is 1. The van der Waals surface area contributed by atoms with Crippen molar-refractivity contribution in [1.29, 1.82) is 0 Å². The summed E-state index contributed by atoms with van der Waals surface area (Å²) in [6, 6.07) is 5.96. The molecule has 0 fully saturated rings. The maximum absolute atomic E-state index is 6.02. The second-order valence-corrected chi connectivity index (χ2v) is 3.86. The predicted octanol–water partition coefficient (Wildman–Crippen LogP) is 2.97. The van der Waals surface area contributed by atoms with Crippen molar-refractivity contribution in [3.05, 3.63) is 34.3 Å². The van der Waals surface area contributed by atoms with Crippen molar-refractivity contribution in [3.63, 3.8) is 0 Å². The lowest BCUT2D eigenvalue weighted by Gasteiger charge is -2.22. The summed E-state index contributed by atoms with van der Waals surface area (Å²) in [5.41, 5.74) is 2.48. The fourth-order valence-electron chi connectivity index (χ4n) is 1.47. The van der Waals surface area contributed by atoms with Crippen molar-refractivity contribution >= 4 is 35.6 Å². The van der Waals surface area contributed by atoms with Gasteiger partial charge in [-0.1, -0.05) is 23.7 Å². The third-order valence-corrected chi connectivity index (χ3v) is 2.78. The summed E-state index contributed by atoms with van der Waals surface area (Å²) in [7, 11) is 0. The molecule has 0 radical (unpaired) electrons. The number of benzene rings is 1. The molecule has 1 unspecified atom stereocenters. The Balaban J connectivity index is 0.000000845. The Labute approximate surface area is 93.8 Å². The SMILES string of the molecule is Cl.Clc1cccc2c1CC(Cl)NC2. The van der Waals surface area contributed by atoms with E-state index in [9.17, 15) is 0 Å². The quantitative estimate of drug-likeness (QED) is 0.541. The highest BCUT2D eigenvalue weighted by molar-refractivity contribution is 6.31. The summed E-state index contributed by atoms with van der Waals surface area (Å²) in [5.74, 6) is 0. The highest BCUT2D eigenvalue weighted by atomic mass is 35.5. The van der Waals surface area contributed by atoms with E-state index in [2.05, 4.69) is 11.4 Å². The number of nitrogens with one attached hydrogen (secondary N) is 1. The molecular weight excluding hydrogens is 228 g/mol. The molecule has 1 aromatic rings. The standard InChI is InChI=1S/C9H9Cl2N.ClH/c10-8-3-1-2-6-5-12-9(11)4-7(6)8;/h1-3,9,12H,4-5H2;1H. The number of halogens is 3. The number of rotatable bonds is 0. The lowest BCUT2D eigenvalue weighted by Crippen LogP contribution is -2.31. The van der Waals surface area contributed by atoms with Crippen molar-refractivity contribution in [3.8, 4) is 0 Å². The summed E-state index contributed by atoms with van der Waals surface area (Å²) in [6.07, 6.45) is 0.816. The first-order valence-corrected chi connectivity index (χ1v) is 4.72. The Morgan fingerprint density at radius 2 is 2.15 bits per heavy atom. The van der Waals surface area contributed by atoms with E-state index in [0.717, 1.165) is 18.0 Å². The Morgan fingerprint density at radius 3 is 2.92 bits per heavy atom. The summed E-state index contributed by atoms with van der Waals surface area (Å²) in [4.78, 5) is 0. The molecule has 0 aromatic heterocycles. The molecule has 0 saturated carbocycles. The summed E-state index contributed by atoms with van der Waals surface area (Å²) >= 11 is 12.0. The van der Waals surface area contributed by atoms with Gasteiger partial charge in [-0.25, -0.2) is 0 Å². The van der Waals surface area contributed by atoms with Crippen LogP contribution in [-0.2, 0) is 13.0 Å². The minimum atomic E-state index is 0. The second kappa shape index (κ2) is 4.52. The van der Waals surface area contributed by atoms with Gasteiger partial charge in [-0.05, 0) is 17.2 Å². The maximum Gasteiger partial charge on any atom is 0.0869 e. The van der Waals surface area contributed by atoms with Crippen LogP contribution in [0.25, 0.3) is 0 Å². The number of alkyl halides is 1. The smallest absolute Gasteiger partial charge is 0.0869 e. The van der Waals surface area contributed by atoms with Gasteiger partial charge < -0.3 is 0 Å². The summed E-state index contributed by atoms with van der Waals surface area (Å²) in [5, 5.41) is 4.01. The Bertz CT molecular complexity index is 301. The highest BCUT2D eigenvalue weighted by Gasteiger charge is 2.17. The molecule has 1 aromatic carbocycles. The van der Waals surface area contributed by atoms with Crippen LogP contribution < -0.4 is 5.32 Å². The molecule has 1 heterocycles. The maximum atomic E-state index is 6.02. The summed E-state index contributed by atoms with van der Waals surface area (Å²) in [6.45, 7) is 0.823. The first-order valence-electron chi connectivity index (χ1n) is 3.91. The van der Waals surface area contributed by atoms with E-state index in [1.807, 2.05) is 12.1 Å². The van der Waals surface area contributed by atoms with Gasteiger partial charge in [0.1, 0.15) is 0 Å². The third-order valence-electron chi connectivity index (χ3n) is 2.11. The van der Waals surface area contributed by atoms with Crippen LogP contribution in [0, 0.1) is 0 Å². The van der Waals surface area contributed by atoms with Gasteiger partial charge in [-0.3, -0.25) is 5.32 Å². The van der Waals surface area contributed by atoms with Crippen molar-refractivity contribution in [2.24, 2.45) is 0 Å². The van der Waals surface area contributed by atoms with Gasteiger partial charge in [0.15, 0.2) is 0 Å². The fraction of sp³-hybridized carbons (Fsp3) is 0.333. The number of hydrogen-bond donors (Lipinski definition) is 1. The lowest BCUT2D eigenvalue weighted by atomic mass is 10.0. The first-order chi connectivity index (χ1) is 5.77. The molecule has 2 rings (SSSR count). The van der Waals surface area contributed by atoms with Gasteiger partial charge in [0, 0.05) is 18.0 Å². The Kier molecular flexibility index (Phi) is 3.87. The highest BCUT2D eigenvalue weighted by Crippen LogP contribution is 2.25. The van der Waals surface area contributed by atoms with Crippen LogP contribution >= 0.6 is 35.6 Å². The topological polar surface area (TPSA) is 12.0 Å². The van der Waals surface area contributed by atoms with E-state index in [1.165, 1.54) is 11.1 Å². The third kappa shape index (κ3) is 2.29. The monoisotopic (exact) mass is 237 g/mol. The van der Waals surface area contributed by atoms with E-state index in [4.69, 9.17) is 23.2 Å². The molecule has 0 saturated heterocycles. The van der Waals surface area contributed by atoms with Crippen LogP contribution in [0.3, 0.4) is 0 Å². The molecule has 0 spiro atoms. The Hall–Kier alpha value is 0.0500. The van der Waals surface area contributed by atoms with Gasteiger partial charge >= 0.3 is 0 Å². The lowest BCUT2D eigenvalue weighted by molar-refractivity contribution is 0.597. The molecule has 0 aliphatic carbocycles. The largest absolute Gasteiger partial charge is 0.297 e. The molecule has 72 valence electrons. The average Bonchev–Trinajstić information content (AvgIpc) is 2.07. The van der Waals surface area contributed by atoms with Crippen molar-refractivity contribution < 1.29 is 0 Å². The van der Waals surface area contributed by atoms with Crippen LogP contribution in [-0.4, -0.2) is 5.50 Å². The molecule has 1 aliphatic rings. The van der Waals surface area contributed by atoms with Gasteiger partial charge in [0.25, 0.3) is 0 Å². The van der Waals surface area contributed by atoms with E-state index in [1.54, 1.807) is 0 Å². The van der Waals surface area contributed by atoms with Crippen LogP contribution in [0.2, 0.25) is 5.02 Å². The normalized spacial score (nSPS) is 20.3. The predicted molar refractivity (Wildman–Crippen MR) is 58.9 cm³/mol. The van der Waals surface area contributed by atoms with Crippen LogP contribution in [0.5, 0.6) is 0 Å². The molecule has 13 heavy (non-hydrogen) atoms. The zero-order valence-corrected chi connectivity index (χ0v) is 9.22. The van der Waals surface area contributed by atoms with Crippen LogP contribution in [0.1, 0.15) is 11.1 Å². The molecule has 0 amide bonds. The molecule has 1 nitrogen and oxygen atoms in total. The van der Waals surface area contributed by atoms with Crippen LogP contribution in [0.15, 0.2) is 18.2 Å². The minimum Gasteiger partial charge on any atom is -0.297 e. The summed E-state index contributed by atoms with van der Waals surface area (Å²) < 4.78 is 0. The number of hydrogen-bond acceptors (Lipinski definition) is 1. The van der Waals surface area contributed by atoms with Gasteiger partial charge in [0.2, 0.25) is 0 Å². The molecule has 4 heteroatoms. The molecule has 1 aliphatic heterocycles. The second-order valence-electron chi connectivity index (χ2n) is 2.93. The molecular formula is C9H10Cl3N. The van der Waals surface area contributed by atoms with Gasteiger partial charge in [-0.15, -0.1) is 24.0 Å². The van der Waals surface area contributed by atoms with Gasteiger partial charge in [-0.2, -0.15) is 0 Å². The molecule has 0 bridgehead atoms. The molecule has 1 N–H and O–H groups in total. The van der Waals surface area contributed by atoms with Gasteiger partial charge in [0.05, 0.1) is 5.50 Å².